The van der Waals surface area contributed by atoms with Crippen LogP contribution in [0.1, 0.15) is 16.7 Å². The van der Waals surface area contributed by atoms with Crippen molar-refractivity contribution in [2.45, 2.75) is 24.8 Å². The molecule has 0 radical (unpaired) electrons. The number of rotatable bonds is 2. The molecule has 0 fully saturated rings. The predicted molar refractivity (Wildman–Crippen MR) is 82.8 cm³/mol. The van der Waals surface area contributed by atoms with E-state index in [2.05, 4.69) is 9.71 Å². The van der Waals surface area contributed by atoms with Crippen LogP contribution in [0.15, 0.2) is 58.4 Å². The Balaban J connectivity index is 1.81. The van der Waals surface area contributed by atoms with Gasteiger partial charge in [0, 0.05) is 6.42 Å². The number of sulfonamides is 1. The van der Waals surface area contributed by atoms with E-state index in [1.54, 1.807) is 24.3 Å². The number of hydrogen-bond acceptors (Lipinski definition) is 3. The molecular formula is C16H16N2O2S. The Bertz CT molecular complexity index is 793. The van der Waals surface area contributed by atoms with Crippen LogP contribution in [0, 0.1) is 6.92 Å². The molecule has 1 aliphatic rings. The van der Waals surface area contributed by atoms with Gasteiger partial charge in [0.25, 0.3) is 10.0 Å². The molecule has 2 aromatic carbocycles. The summed E-state index contributed by atoms with van der Waals surface area (Å²) in [6.07, 6.45) is 0.515. The van der Waals surface area contributed by atoms with E-state index in [0.29, 0.717) is 18.8 Å². The maximum Gasteiger partial charge on any atom is 0.262 e. The highest BCUT2D eigenvalue weighted by Gasteiger charge is 2.19. The van der Waals surface area contributed by atoms with Crippen LogP contribution < -0.4 is 4.72 Å². The molecule has 1 heterocycles. The summed E-state index contributed by atoms with van der Waals surface area (Å²) in [5.41, 5.74) is 3.29. The highest BCUT2D eigenvalue weighted by atomic mass is 32.2. The molecule has 1 aliphatic heterocycles. The summed E-state index contributed by atoms with van der Waals surface area (Å²) in [5.74, 6) is 0.495. The molecule has 21 heavy (non-hydrogen) atoms. The van der Waals surface area contributed by atoms with Crippen LogP contribution in [-0.4, -0.2) is 14.3 Å². The summed E-state index contributed by atoms with van der Waals surface area (Å²) in [6.45, 7) is 2.44. The van der Waals surface area contributed by atoms with E-state index in [1.807, 2.05) is 31.2 Å². The molecule has 0 spiro atoms. The predicted octanol–water partition coefficient (Wildman–Crippen LogP) is 2.43. The van der Waals surface area contributed by atoms with Gasteiger partial charge in [-0.05, 0) is 30.2 Å². The molecule has 0 aromatic heterocycles. The summed E-state index contributed by atoms with van der Waals surface area (Å²) in [7, 11) is -3.56. The van der Waals surface area contributed by atoms with Gasteiger partial charge in [-0.25, -0.2) is 8.42 Å². The topological polar surface area (TPSA) is 58.5 Å². The quantitative estimate of drug-likeness (QED) is 0.926. The van der Waals surface area contributed by atoms with Gasteiger partial charge in [0.15, 0.2) is 0 Å². The number of amidine groups is 1. The molecule has 4 nitrogen and oxygen atoms in total. The Hall–Kier alpha value is -2.14. The fourth-order valence-electron chi connectivity index (χ4n) is 2.30. The lowest BCUT2D eigenvalue weighted by Crippen LogP contribution is -2.33. The fourth-order valence-corrected chi connectivity index (χ4v) is 3.36. The van der Waals surface area contributed by atoms with Crippen molar-refractivity contribution in [1.29, 1.82) is 0 Å². The van der Waals surface area contributed by atoms with Crippen molar-refractivity contribution >= 4 is 15.9 Å². The number of aliphatic imine (C=N–C) groups is 1. The van der Waals surface area contributed by atoms with Crippen molar-refractivity contribution in [2.75, 3.05) is 0 Å². The largest absolute Gasteiger partial charge is 0.267 e. The molecule has 0 aliphatic carbocycles. The normalized spacial score (nSPS) is 14.2. The molecule has 0 unspecified atom stereocenters. The van der Waals surface area contributed by atoms with E-state index in [-0.39, 0.29) is 4.90 Å². The molecular weight excluding hydrogens is 284 g/mol. The van der Waals surface area contributed by atoms with Crippen LogP contribution in [-0.2, 0) is 23.0 Å². The number of fused-ring (bicyclic) bond motifs is 1. The van der Waals surface area contributed by atoms with E-state index < -0.39 is 10.0 Å². The highest BCUT2D eigenvalue weighted by molar-refractivity contribution is 7.90. The summed E-state index contributed by atoms with van der Waals surface area (Å²) in [4.78, 5) is 4.58. The first kappa shape index (κ1) is 13.8. The van der Waals surface area contributed by atoms with Crippen LogP contribution in [0.2, 0.25) is 0 Å². The minimum absolute atomic E-state index is 0.259. The second kappa shape index (κ2) is 5.33. The molecule has 2 aromatic rings. The summed E-state index contributed by atoms with van der Waals surface area (Å²) < 4.78 is 27.3. The lowest BCUT2D eigenvalue weighted by molar-refractivity contribution is 0.592. The van der Waals surface area contributed by atoms with Crippen molar-refractivity contribution in [3.8, 4) is 0 Å². The van der Waals surface area contributed by atoms with Crippen LogP contribution in [0.5, 0.6) is 0 Å². The minimum Gasteiger partial charge on any atom is -0.267 e. The summed E-state index contributed by atoms with van der Waals surface area (Å²) in [6, 6.07) is 14.7. The van der Waals surface area contributed by atoms with Crippen molar-refractivity contribution in [3.63, 3.8) is 0 Å². The molecule has 5 heteroatoms. The maximum absolute atomic E-state index is 12.3. The zero-order valence-electron chi connectivity index (χ0n) is 11.7. The van der Waals surface area contributed by atoms with E-state index >= 15 is 0 Å². The number of hydrogen-bond donors (Lipinski definition) is 1. The number of aryl methyl sites for hydroxylation is 1. The summed E-state index contributed by atoms with van der Waals surface area (Å²) in [5, 5.41) is 0. The second-order valence-electron chi connectivity index (χ2n) is 5.13. The van der Waals surface area contributed by atoms with Crippen LogP contribution in [0.3, 0.4) is 0 Å². The van der Waals surface area contributed by atoms with Crippen molar-refractivity contribution in [2.24, 2.45) is 4.99 Å². The van der Waals surface area contributed by atoms with Crippen molar-refractivity contribution < 1.29 is 8.42 Å². The van der Waals surface area contributed by atoms with Crippen molar-refractivity contribution in [1.82, 2.24) is 4.72 Å². The first-order valence-electron chi connectivity index (χ1n) is 6.74. The van der Waals surface area contributed by atoms with Gasteiger partial charge >= 0.3 is 0 Å². The van der Waals surface area contributed by atoms with Gasteiger partial charge in [0.2, 0.25) is 0 Å². The molecule has 0 amide bonds. The Morgan fingerprint density at radius 3 is 2.38 bits per heavy atom. The van der Waals surface area contributed by atoms with Gasteiger partial charge in [-0.1, -0.05) is 42.0 Å². The van der Waals surface area contributed by atoms with Crippen LogP contribution in [0.4, 0.5) is 0 Å². The molecule has 108 valence electrons. The molecule has 0 saturated carbocycles. The molecule has 0 bridgehead atoms. The first-order valence-corrected chi connectivity index (χ1v) is 8.22. The van der Waals surface area contributed by atoms with Gasteiger partial charge in [-0.2, -0.15) is 0 Å². The Labute approximate surface area is 124 Å². The van der Waals surface area contributed by atoms with Crippen LogP contribution in [0.25, 0.3) is 0 Å². The maximum atomic E-state index is 12.3. The second-order valence-corrected chi connectivity index (χ2v) is 6.81. The highest BCUT2D eigenvalue weighted by Crippen LogP contribution is 2.17. The average Bonchev–Trinajstić information content (AvgIpc) is 2.47. The lowest BCUT2D eigenvalue weighted by Gasteiger charge is -2.17. The van der Waals surface area contributed by atoms with E-state index in [4.69, 9.17) is 0 Å². The van der Waals surface area contributed by atoms with Gasteiger partial charge < -0.3 is 0 Å². The average molecular weight is 300 g/mol. The van der Waals surface area contributed by atoms with Gasteiger partial charge in [-0.3, -0.25) is 9.71 Å². The van der Waals surface area contributed by atoms with Gasteiger partial charge in [0.05, 0.1) is 11.4 Å². The first-order chi connectivity index (χ1) is 10.0. The third-order valence-corrected chi connectivity index (χ3v) is 4.90. The minimum atomic E-state index is -3.56. The molecule has 0 atom stereocenters. The Kier molecular flexibility index (Phi) is 3.51. The van der Waals surface area contributed by atoms with Gasteiger partial charge in [0.1, 0.15) is 5.84 Å². The summed E-state index contributed by atoms with van der Waals surface area (Å²) >= 11 is 0. The van der Waals surface area contributed by atoms with E-state index in [1.165, 1.54) is 0 Å². The third kappa shape index (κ3) is 2.97. The van der Waals surface area contributed by atoms with Crippen molar-refractivity contribution in [3.05, 3.63) is 65.2 Å². The monoisotopic (exact) mass is 300 g/mol. The van der Waals surface area contributed by atoms with E-state index in [0.717, 1.165) is 16.7 Å². The zero-order valence-corrected chi connectivity index (χ0v) is 12.5. The zero-order chi connectivity index (χ0) is 14.9. The molecule has 3 rings (SSSR count). The van der Waals surface area contributed by atoms with Crippen LogP contribution >= 0.6 is 0 Å². The van der Waals surface area contributed by atoms with Gasteiger partial charge in [-0.15, -0.1) is 0 Å². The fraction of sp³-hybridized carbons (Fsp3) is 0.188. The smallest absolute Gasteiger partial charge is 0.262 e. The Morgan fingerprint density at radius 2 is 1.67 bits per heavy atom. The lowest BCUT2D eigenvalue weighted by atomic mass is 10.0. The third-order valence-electron chi connectivity index (χ3n) is 3.50. The van der Waals surface area contributed by atoms with E-state index in [9.17, 15) is 8.42 Å². The standard InChI is InChI=1S/C16H16N2O2S/c1-12-6-8-15(9-7-12)21(19,20)18-16-10-13-4-2-3-5-14(13)11-17-16/h2-9H,10-11H2,1H3,(H,17,18). The SMILES string of the molecule is Cc1ccc(S(=O)(=O)NC2=NCc3ccccc3C2)cc1. The number of benzene rings is 2. The Morgan fingerprint density at radius 1 is 1.00 bits per heavy atom. The number of nitrogens with one attached hydrogen (secondary N) is 1. The number of nitrogens with zero attached hydrogens (tertiary/aromatic N) is 1. The molecule has 0 saturated heterocycles. The molecule has 1 N–H and O–H groups in total.